The Kier molecular flexibility index (Phi) is 6.37. The number of aromatic nitrogens is 1. The predicted octanol–water partition coefficient (Wildman–Crippen LogP) is 4.48. The van der Waals surface area contributed by atoms with Crippen molar-refractivity contribution in [3.63, 3.8) is 0 Å². The molecule has 2 aliphatic rings. The fourth-order valence-corrected chi connectivity index (χ4v) is 5.48. The van der Waals surface area contributed by atoms with Gasteiger partial charge in [-0.25, -0.2) is 4.39 Å². The van der Waals surface area contributed by atoms with Gasteiger partial charge in [-0.1, -0.05) is 18.2 Å². The Hall–Kier alpha value is -3.19. The highest BCUT2D eigenvalue weighted by molar-refractivity contribution is 6.07. The number of para-hydroxylation sites is 1. The van der Waals surface area contributed by atoms with Crippen LogP contribution < -0.4 is 5.73 Å². The SMILES string of the molecule is Nc1c(C(=O)N2CCC[C@H]2CCN2CCC(C(=O)c3ccc(F)cc3)CC2)[nH]c2ccccc12. The number of piperidine rings is 1. The zero-order valence-corrected chi connectivity index (χ0v) is 19.3. The van der Waals surface area contributed by atoms with Crippen LogP contribution in [0.5, 0.6) is 0 Å². The zero-order valence-electron chi connectivity index (χ0n) is 19.3. The number of carbonyl (C=O) groups excluding carboxylic acids is 2. The number of halogens is 1. The summed E-state index contributed by atoms with van der Waals surface area (Å²) < 4.78 is 13.1. The minimum atomic E-state index is -0.321. The second kappa shape index (κ2) is 9.58. The van der Waals surface area contributed by atoms with E-state index >= 15 is 0 Å². The molecule has 2 fully saturated rings. The van der Waals surface area contributed by atoms with Crippen LogP contribution in [0.25, 0.3) is 10.9 Å². The molecule has 3 aromatic rings. The summed E-state index contributed by atoms with van der Waals surface area (Å²) in [6, 6.07) is 13.8. The first-order chi connectivity index (χ1) is 16.5. The summed E-state index contributed by atoms with van der Waals surface area (Å²) in [7, 11) is 0. The van der Waals surface area contributed by atoms with E-state index in [0.717, 1.165) is 69.2 Å². The number of H-pyrrole nitrogens is 1. The summed E-state index contributed by atoms with van der Waals surface area (Å²) in [4.78, 5) is 33.6. The number of Topliss-reactive ketones (excluding diaryl/α,β-unsaturated/α-hetero) is 1. The molecule has 0 spiro atoms. The molecule has 1 atom stereocenters. The lowest BCUT2D eigenvalue weighted by molar-refractivity contribution is 0.0701. The molecule has 2 saturated heterocycles. The van der Waals surface area contributed by atoms with Crippen LogP contribution in [0, 0.1) is 11.7 Å². The van der Waals surface area contributed by atoms with E-state index in [1.165, 1.54) is 12.1 Å². The molecular weight excluding hydrogens is 431 g/mol. The normalized spacial score (nSPS) is 19.7. The van der Waals surface area contributed by atoms with Crippen LogP contribution in [0.4, 0.5) is 10.1 Å². The minimum absolute atomic E-state index is 0.00347. The van der Waals surface area contributed by atoms with E-state index < -0.39 is 0 Å². The van der Waals surface area contributed by atoms with E-state index in [9.17, 15) is 14.0 Å². The number of anilines is 1. The summed E-state index contributed by atoms with van der Waals surface area (Å²) in [6.07, 6.45) is 4.56. The molecule has 1 amide bonds. The number of carbonyl (C=O) groups is 2. The van der Waals surface area contributed by atoms with Crippen LogP contribution in [0.15, 0.2) is 48.5 Å². The van der Waals surface area contributed by atoms with Crippen molar-refractivity contribution in [2.45, 2.75) is 38.1 Å². The van der Waals surface area contributed by atoms with Gasteiger partial charge in [-0.2, -0.15) is 0 Å². The van der Waals surface area contributed by atoms with Gasteiger partial charge in [0.25, 0.3) is 5.91 Å². The Bertz CT molecular complexity index is 1180. The number of nitrogen functional groups attached to an aromatic ring is 1. The molecule has 3 N–H and O–H groups in total. The first-order valence-electron chi connectivity index (χ1n) is 12.2. The van der Waals surface area contributed by atoms with Crippen LogP contribution in [-0.4, -0.2) is 58.7 Å². The monoisotopic (exact) mass is 462 g/mol. The second-order valence-electron chi connectivity index (χ2n) is 9.53. The van der Waals surface area contributed by atoms with Gasteiger partial charge in [-0.05, 0) is 75.5 Å². The molecule has 2 aliphatic heterocycles. The Morgan fingerprint density at radius 2 is 1.74 bits per heavy atom. The van der Waals surface area contributed by atoms with Gasteiger partial charge in [0.05, 0.1) is 5.69 Å². The van der Waals surface area contributed by atoms with Gasteiger partial charge in [-0.3, -0.25) is 9.59 Å². The number of nitrogens with zero attached hydrogens (tertiary/aromatic N) is 2. The number of ketones is 1. The van der Waals surface area contributed by atoms with Gasteiger partial charge in [0, 0.05) is 41.5 Å². The van der Waals surface area contributed by atoms with Gasteiger partial charge in [-0.15, -0.1) is 0 Å². The molecule has 3 heterocycles. The lowest BCUT2D eigenvalue weighted by atomic mass is 9.88. The van der Waals surface area contributed by atoms with E-state index in [4.69, 9.17) is 5.73 Å². The average molecular weight is 463 g/mol. The maximum Gasteiger partial charge on any atom is 0.272 e. The average Bonchev–Trinajstić information content (AvgIpc) is 3.47. The van der Waals surface area contributed by atoms with E-state index in [0.29, 0.717) is 16.9 Å². The Labute approximate surface area is 198 Å². The van der Waals surface area contributed by atoms with Crippen LogP contribution in [0.1, 0.15) is 53.0 Å². The predicted molar refractivity (Wildman–Crippen MR) is 131 cm³/mol. The molecule has 0 saturated carbocycles. The number of benzene rings is 2. The van der Waals surface area contributed by atoms with Crippen molar-refractivity contribution in [1.82, 2.24) is 14.8 Å². The number of fused-ring (bicyclic) bond motifs is 1. The Morgan fingerprint density at radius 3 is 2.47 bits per heavy atom. The van der Waals surface area contributed by atoms with Crippen LogP contribution in [-0.2, 0) is 0 Å². The van der Waals surface area contributed by atoms with E-state index in [1.807, 2.05) is 29.2 Å². The van der Waals surface area contributed by atoms with E-state index in [-0.39, 0.29) is 29.5 Å². The number of rotatable bonds is 6. The fraction of sp³-hybridized carbons (Fsp3) is 0.407. The Morgan fingerprint density at radius 1 is 1.00 bits per heavy atom. The summed E-state index contributed by atoms with van der Waals surface area (Å²) >= 11 is 0. The standard InChI is InChI=1S/C27H31FN4O2/c28-20-9-7-18(8-10-20)26(33)19-11-15-31(16-12-19)17-13-21-4-3-14-32(21)27(34)25-24(29)22-5-1-2-6-23(22)30-25/h1-2,5-10,19,21,30H,3-4,11-17,29H2/t21-/m0/s1. The minimum Gasteiger partial charge on any atom is -0.396 e. The zero-order chi connectivity index (χ0) is 23.7. The molecule has 0 bridgehead atoms. The first kappa shape index (κ1) is 22.6. The molecule has 0 aliphatic carbocycles. The van der Waals surface area contributed by atoms with Gasteiger partial charge >= 0.3 is 0 Å². The maximum atomic E-state index is 13.3. The van der Waals surface area contributed by atoms with Crippen molar-refractivity contribution in [3.05, 3.63) is 65.6 Å². The van der Waals surface area contributed by atoms with Gasteiger partial charge in [0.2, 0.25) is 0 Å². The molecule has 0 unspecified atom stereocenters. The summed E-state index contributed by atoms with van der Waals surface area (Å²) in [5.41, 5.74) is 8.80. The second-order valence-corrected chi connectivity index (χ2v) is 9.53. The number of likely N-dealkylation sites (tertiary alicyclic amines) is 2. The van der Waals surface area contributed by atoms with Crippen molar-refractivity contribution < 1.29 is 14.0 Å². The van der Waals surface area contributed by atoms with Crippen molar-refractivity contribution in [1.29, 1.82) is 0 Å². The molecular formula is C27H31FN4O2. The molecule has 6 nitrogen and oxygen atoms in total. The van der Waals surface area contributed by atoms with Crippen LogP contribution in [0.3, 0.4) is 0 Å². The topological polar surface area (TPSA) is 82.4 Å². The summed E-state index contributed by atoms with van der Waals surface area (Å²) in [5.74, 6) is -0.225. The number of hydrogen-bond donors (Lipinski definition) is 2. The van der Waals surface area contributed by atoms with Crippen molar-refractivity contribution >= 4 is 28.3 Å². The van der Waals surface area contributed by atoms with Crippen molar-refractivity contribution in [2.75, 3.05) is 31.9 Å². The number of aromatic amines is 1. The van der Waals surface area contributed by atoms with Gasteiger partial charge < -0.3 is 20.5 Å². The largest absolute Gasteiger partial charge is 0.396 e. The lowest BCUT2D eigenvalue weighted by Gasteiger charge is -2.33. The van der Waals surface area contributed by atoms with Gasteiger partial charge in [0.15, 0.2) is 5.78 Å². The number of nitrogens with one attached hydrogen (secondary N) is 1. The maximum absolute atomic E-state index is 13.3. The highest BCUT2D eigenvalue weighted by Gasteiger charge is 2.32. The third-order valence-electron chi connectivity index (χ3n) is 7.46. The number of hydrogen-bond acceptors (Lipinski definition) is 4. The molecule has 0 radical (unpaired) electrons. The number of amides is 1. The lowest BCUT2D eigenvalue weighted by Crippen LogP contribution is -2.41. The highest BCUT2D eigenvalue weighted by Crippen LogP contribution is 2.30. The number of nitrogens with two attached hydrogens (primary N) is 1. The van der Waals surface area contributed by atoms with Crippen LogP contribution >= 0.6 is 0 Å². The third-order valence-corrected chi connectivity index (χ3v) is 7.46. The summed E-state index contributed by atoms with van der Waals surface area (Å²) in [6.45, 7) is 3.40. The quantitative estimate of drug-likeness (QED) is 0.529. The smallest absolute Gasteiger partial charge is 0.272 e. The fourth-order valence-electron chi connectivity index (χ4n) is 5.48. The molecule has 2 aromatic carbocycles. The molecule has 178 valence electrons. The van der Waals surface area contributed by atoms with Gasteiger partial charge in [0.1, 0.15) is 11.5 Å². The molecule has 5 rings (SSSR count). The highest BCUT2D eigenvalue weighted by atomic mass is 19.1. The van der Waals surface area contributed by atoms with E-state index in [1.54, 1.807) is 12.1 Å². The van der Waals surface area contributed by atoms with Crippen molar-refractivity contribution in [3.8, 4) is 0 Å². The molecule has 7 heteroatoms. The van der Waals surface area contributed by atoms with E-state index in [2.05, 4.69) is 9.88 Å². The molecule has 1 aromatic heterocycles. The first-order valence-corrected chi connectivity index (χ1v) is 12.2. The van der Waals surface area contributed by atoms with Crippen molar-refractivity contribution in [2.24, 2.45) is 5.92 Å². The third kappa shape index (κ3) is 4.44. The Balaban J connectivity index is 1.15. The van der Waals surface area contributed by atoms with Crippen LogP contribution in [0.2, 0.25) is 0 Å². The molecule has 34 heavy (non-hydrogen) atoms. The summed E-state index contributed by atoms with van der Waals surface area (Å²) in [5, 5.41) is 0.889.